The Kier molecular flexibility index (Phi) is 4.14. The first-order chi connectivity index (χ1) is 7.39. The van der Waals surface area contributed by atoms with E-state index < -0.39 is 0 Å². The third-order valence-electron chi connectivity index (χ3n) is 2.88. The molecule has 0 bridgehead atoms. The zero-order chi connectivity index (χ0) is 11.9. The predicted molar refractivity (Wildman–Crippen MR) is 65.6 cm³/mol. The van der Waals surface area contributed by atoms with Crippen LogP contribution in [0.5, 0.6) is 0 Å². The van der Waals surface area contributed by atoms with Gasteiger partial charge in [0.15, 0.2) is 0 Å². The van der Waals surface area contributed by atoms with Gasteiger partial charge in [0, 0.05) is 19.5 Å². The Hall–Kier alpha value is -0.687. The second kappa shape index (κ2) is 4.90. The molecule has 1 radical (unpaired) electrons. The Bertz CT molecular complexity index is 508. The summed E-state index contributed by atoms with van der Waals surface area (Å²) in [5, 5.41) is 0. The molecule has 1 heterocycles. The molecule has 0 aliphatic heterocycles. The van der Waals surface area contributed by atoms with E-state index in [2.05, 4.69) is 58.1 Å². The topological polar surface area (TPSA) is 26.0 Å². The van der Waals surface area contributed by atoms with Gasteiger partial charge in [-0.1, -0.05) is 57.9 Å². The number of aromatic nitrogens is 1. The van der Waals surface area contributed by atoms with E-state index in [-0.39, 0.29) is 24.9 Å². The molecule has 0 aliphatic rings. The van der Waals surface area contributed by atoms with Crippen LogP contribution in [0.3, 0.4) is 0 Å². The molecule has 2 aromatic rings. The molecule has 0 saturated heterocycles. The van der Waals surface area contributed by atoms with Crippen LogP contribution in [0, 0.1) is 6.39 Å². The summed E-state index contributed by atoms with van der Waals surface area (Å²) < 4.78 is 5.37. The molecule has 17 heavy (non-hydrogen) atoms. The van der Waals surface area contributed by atoms with Gasteiger partial charge < -0.3 is 9.40 Å². The molecule has 0 N–H and O–H groups in total. The first kappa shape index (κ1) is 14.4. The summed E-state index contributed by atoms with van der Waals surface area (Å²) in [6, 6.07) is 4.32. The number of oxazole rings is 1. The maximum Gasteiger partial charge on any atom is 0.103 e. The molecule has 0 aliphatic carbocycles. The van der Waals surface area contributed by atoms with E-state index in [0.717, 1.165) is 11.1 Å². The molecule has 1 aromatic heterocycles. The zero-order valence-electron chi connectivity index (χ0n) is 10.9. The summed E-state index contributed by atoms with van der Waals surface area (Å²) in [5.74, 6) is 0.502. The van der Waals surface area contributed by atoms with E-state index >= 15 is 0 Å². The van der Waals surface area contributed by atoms with Crippen molar-refractivity contribution in [3.63, 3.8) is 0 Å². The Morgan fingerprint density at radius 2 is 1.88 bits per heavy atom. The van der Waals surface area contributed by atoms with Crippen molar-refractivity contribution in [2.75, 3.05) is 0 Å². The summed E-state index contributed by atoms with van der Waals surface area (Å²) in [7, 11) is 0. The summed E-state index contributed by atoms with van der Waals surface area (Å²) in [6.07, 6.45) is 2.59. The van der Waals surface area contributed by atoms with E-state index in [0.29, 0.717) is 5.92 Å². The van der Waals surface area contributed by atoms with Crippen molar-refractivity contribution in [1.82, 2.24) is 4.98 Å². The van der Waals surface area contributed by atoms with E-state index in [9.17, 15) is 0 Å². The van der Waals surface area contributed by atoms with Crippen LogP contribution in [0.25, 0.3) is 11.1 Å². The normalized spacial score (nSPS) is 11.9. The average molecular weight is 319 g/mol. The number of fused-ring (bicyclic) bond motifs is 1. The van der Waals surface area contributed by atoms with Crippen molar-refractivity contribution < 1.29 is 23.9 Å². The van der Waals surface area contributed by atoms with Crippen LogP contribution >= 0.6 is 0 Å². The first-order valence-corrected chi connectivity index (χ1v) is 5.70. The minimum absolute atomic E-state index is 0. The van der Waals surface area contributed by atoms with Crippen molar-refractivity contribution >= 4 is 11.1 Å². The molecule has 1 aromatic carbocycles. The molecule has 3 heteroatoms. The summed E-state index contributed by atoms with van der Waals surface area (Å²) in [4.78, 5) is 4.14. The van der Waals surface area contributed by atoms with Crippen molar-refractivity contribution in [2.45, 2.75) is 46.0 Å². The smallest absolute Gasteiger partial charge is 0.103 e. The molecule has 0 saturated carbocycles. The van der Waals surface area contributed by atoms with E-state index in [1.807, 2.05) is 0 Å². The van der Waals surface area contributed by atoms with Gasteiger partial charge in [0.25, 0.3) is 0 Å². The Morgan fingerprint density at radius 1 is 1.24 bits per heavy atom. The predicted octanol–water partition coefficient (Wildman–Crippen LogP) is 4.05. The molecule has 0 spiro atoms. The quantitative estimate of drug-likeness (QED) is 0.585. The van der Waals surface area contributed by atoms with Gasteiger partial charge >= 0.3 is 0 Å². The number of hydrogen-bond acceptors (Lipinski definition) is 2. The molecule has 0 fully saturated rings. The second-order valence-electron chi connectivity index (χ2n) is 5.63. The second-order valence-corrected chi connectivity index (χ2v) is 5.63. The SMILES string of the molecule is CC(C)c1cc(C(C)(C)C)c2o[c-]nc2c1.[Rh]. The van der Waals surface area contributed by atoms with Crippen LogP contribution in [0.4, 0.5) is 0 Å². The van der Waals surface area contributed by atoms with Crippen LogP contribution < -0.4 is 0 Å². The first-order valence-electron chi connectivity index (χ1n) is 5.70. The fourth-order valence-electron chi connectivity index (χ4n) is 1.83. The van der Waals surface area contributed by atoms with Crippen molar-refractivity contribution in [3.05, 3.63) is 29.7 Å². The maximum absolute atomic E-state index is 5.37. The molecule has 0 atom stereocenters. The van der Waals surface area contributed by atoms with Crippen LogP contribution in [-0.2, 0) is 24.9 Å². The maximum atomic E-state index is 5.37. The van der Waals surface area contributed by atoms with E-state index in [1.54, 1.807) is 0 Å². The Balaban J connectivity index is 0.00000144. The standard InChI is InChI=1S/C14H18NO.Rh/c1-9(2)10-6-11(14(3,4)5)13-12(7-10)15-8-16-13;/h6-7,9H,1-5H3;/q-1;. The van der Waals surface area contributed by atoms with Gasteiger partial charge in [0.2, 0.25) is 0 Å². The number of nitrogens with zero attached hydrogens (tertiary/aromatic N) is 1. The third-order valence-corrected chi connectivity index (χ3v) is 2.88. The van der Waals surface area contributed by atoms with Gasteiger partial charge in [0.1, 0.15) is 6.39 Å². The van der Waals surface area contributed by atoms with Crippen molar-refractivity contribution in [3.8, 4) is 0 Å². The molecule has 95 valence electrons. The van der Waals surface area contributed by atoms with Gasteiger partial charge in [-0.15, -0.1) is 0 Å². The number of hydrogen-bond donors (Lipinski definition) is 0. The van der Waals surface area contributed by atoms with Crippen molar-refractivity contribution in [1.29, 1.82) is 0 Å². The molecular formula is C14H18NORh-. The van der Waals surface area contributed by atoms with Crippen LogP contribution in [0.15, 0.2) is 16.5 Å². The summed E-state index contributed by atoms with van der Waals surface area (Å²) in [6.45, 7) is 11.0. The number of benzene rings is 1. The monoisotopic (exact) mass is 319 g/mol. The van der Waals surface area contributed by atoms with Crippen LogP contribution in [0.1, 0.15) is 51.7 Å². The van der Waals surface area contributed by atoms with Crippen molar-refractivity contribution in [2.24, 2.45) is 0 Å². The summed E-state index contributed by atoms with van der Waals surface area (Å²) >= 11 is 0. The average Bonchev–Trinajstić information content (AvgIpc) is 2.61. The summed E-state index contributed by atoms with van der Waals surface area (Å²) in [5.41, 5.74) is 4.37. The Morgan fingerprint density at radius 3 is 2.41 bits per heavy atom. The van der Waals surface area contributed by atoms with Gasteiger partial charge in [-0.25, -0.2) is 0 Å². The molecule has 2 rings (SSSR count). The van der Waals surface area contributed by atoms with E-state index in [4.69, 9.17) is 4.42 Å². The van der Waals surface area contributed by atoms with Gasteiger partial charge in [-0.3, -0.25) is 0 Å². The molecule has 2 nitrogen and oxygen atoms in total. The Labute approximate surface area is 116 Å². The number of rotatable bonds is 1. The molecule has 0 amide bonds. The molecule has 0 unspecified atom stereocenters. The van der Waals surface area contributed by atoms with Gasteiger partial charge in [-0.05, 0) is 22.4 Å². The third kappa shape index (κ3) is 2.77. The fraction of sp³-hybridized carbons (Fsp3) is 0.500. The van der Waals surface area contributed by atoms with Crippen LogP contribution in [-0.4, -0.2) is 4.98 Å². The van der Waals surface area contributed by atoms with E-state index in [1.165, 1.54) is 11.1 Å². The zero-order valence-corrected chi connectivity index (χ0v) is 12.6. The van der Waals surface area contributed by atoms with Crippen LogP contribution in [0.2, 0.25) is 0 Å². The molecular weight excluding hydrogens is 301 g/mol. The minimum Gasteiger partial charge on any atom is -0.573 e. The van der Waals surface area contributed by atoms with Gasteiger partial charge in [-0.2, -0.15) is 0 Å². The van der Waals surface area contributed by atoms with Gasteiger partial charge in [0.05, 0.1) is 0 Å². The minimum atomic E-state index is 0. The fourth-order valence-corrected chi connectivity index (χ4v) is 1.83. The largest absolute Gasteiger partial charge is 0.573 e.